The lowest BCUT2D eigenvalue weighted by atomic mass is 10.1. The summed E-state index contributed by atoms with van der Waals surface area (Å²) in [4.78, 5) is 14.0. The second kappa shape index (κ2) is 5.16. The second-order valence-corrected chi connectivity index (χ2v) is 3.99. The van der Waals surface area contributed by atoms with Gasteiger partial charge in [0.25, 0.3) is 6.43 Å². The minimum absolute atomic E-state index is 0.0439. The van der Waals surface area contributed by atoms with Gasteiger partial charge in [-0.3, -0.25) is 4.79 Å². The smallest absolute Gasteiger partial charge is 0.309 e. The maximum atomic E-state index is 12.5. The van der Waals surface area contributed by atoms with Crippen molar-refractivity contribution in [2.24, 2.45) is 0 Å². The number of nitrogens with zero attached hydrogens (tertiary/aromatic N) is 2. The van der Waals surface area contributed by atoms with Crippen LogP contribution in [0.25, 0.3) is 0 Å². The number of carbonyl (C=O) groups is 1. The highest BCUT2D eigenvalue weighted by Crippen LogP contribution is 2.24. The molecule has 1 N–H and O–H groups in total. The van der Waals surface area contributed by atoms with Gasteiger partial charge in [0.2, 0.25) is 0 Å². The van der Waals surface area contributed by atoms with Crippen LogP contribution in [-0.4, -0.2) is 16.1 Å². The van der Waals surface area contributed by atoms with Gasteiger partial charge in [-0.15, -0.1) is 0 Å². The molecule has 0 aliphatic carbocycles. The van der Waals surface area contributed by atoms with E-state index in [-0.39, 0.29) is 11.3 Å². The van der Waals surface area contributed by atoms with Gasteiger partial charge in [-0.1, -0.05) is 0 Å². The van der Waals surface area contributed by atoms with Crippen molar-refractivity contribution >= 4 is 28.6 Å². The van der Waals surface area contributed by atoms with Crippen LogP contribution in [0.2, 0.25) is 0 Å². The third-order valence-electron chi connectivity index (χ3n) is 1.72. The van der Waals surface area contributed by atoms with Gasteiger partial charge >= 0.3 is 5.97 Å². The molecule has 0 fully saturated rings. The van der Waals surface area contributed by atoms with Gasteiger partial charge in [-0.2, -0.15) is 5.26 Å². The molecule has 4 nitrogen and oxygen atoms in total. The largest absolute Gasteiger partial charge is 0.481 e. The number of hydrogen-bond acceptors (Lipinski definition) is 3. The lowest BCUT2D eigenvalue weighted by molar-refractivity contribution is -0.136. The molecule has 0 saturated heterocycles. The third-order valence-corrected chi connectivity index (χ3v) is 2.66. The molecule has 1 rings (SSSR count). The fourth-order valence-corrected chi connectivity index (χ4v) is 1.69. The van der Waals surface area contributed by atoms with Crippen molar-refractivity contribution in [3.63, 3.8) is 0 Å². The van der Waals surface area contributed by atoms with Crippen molar-refractivity contribution in [1.29, 1.82) is 5.26 Å². The van der Waals surface area contributed by atoms with E-state index in [1.54, 1.807) is 28.7 Å². The van der Waals surface area contributed by atoms with Crippen LogP contribution in [0.5, 0.6) is 0 Å². The number of nitriles is 1. The lowest BCUT2D eigenvalue weighted by Crippen LogP contribution is -2.08. The third kappa shape index (κ3) is 2.85. The molecule has 0 aromatic carbocycles. The van der Waals surface area contributed by atoms with E-state index >= 15 is 0 Å². The van der Waals surface area contributed by atoms with Crippen LogP contribution in [0, 0.1) is 14.9 Å². The van der Waals surface area contributed by atoms with Gasteiger partial charge in [-0.05, 0) is 28.7 Å². The molecule has 0 aliphatic rings. The molecule has 1 heterocycles. The standard InChI is InChI=1S/C9H5F2IN2O2/c10-9(11)8-4(3-13)1-5(12)6(14-8)2-7(15)16/h1,9H,2H2,(H,15,16). The Kier molecular flexibility index (Phi) is 4.12. The van der Waals surface area contributed by atoms with E-state index < -0.39 is 24.5 Å². The number of hydrogen-bond donors (Lipinski definition) is 1. The number of alkyl halides is 2. The molecule has 0 spiro atoms. The van der Waals surface area contributed by atoms with Gasteiger partial charge < -0.3 is 5.11 Å². The fourth-order valence-electron chi connectivity index (χ4n) is 1.07. The van der Waals surface area contributed by atoms with Gasteiger partial charge in [0.1, 0.15) is 11.8 Å². The topological polar surface area (TPSA) is 74.0 Å². The molecule has 0 unspecified atom stereocenters. The Hall–Kier alpha value is -1.30. The molecule has 1 aromatic heterocycles. The summed E-state index contributed by atoms with van der Waals surface area (Å²) in [7, 11) is 0. The maximum absolute atomic E-state index is 12.5. The Bertz CT molecular complexity index is 471. The Morgan fingerprint density at radius 3 is 2.75 bits per heavy atom. The summed E-state index contributed by atoms with van der Waals surface area (Å²) >= 11 is 1.76. The van der Waals surface area contributed by atoms with Crippen molar-refractivity contribution in [2.45, 2.75) is 12.8 Å². The van der Waals surface area contributed by atoms with Crippen LogP contribution in [0.3, 0.4) is 0 Å². The van der Waals surface area contributed by atoms with E-state index in [4.69, 9.17) is 10.4 Å². The van der Waals surface area contributed by atoms with Crippen molar-refractivity contribution < 1.29 is 18.7 Å². The van der Waals surface area contributed by atoms with Crippen LogP contribution in [0.4, 0.5) is 8.78 Å². The number of aromatic nitrogens is 1. The van der Waals surface area contributed by atoms with E-state index in [2.05, 4.69) is 4.98 Å². The second-order valence-electron chi connectivity index (χ2n) is 2.83. The Labute approximate surface area is 103 Å². The normalized spacial score (nSPS) is 10.2. The summed E-state index contributed by atoms with van der Waals surface area (Å²) in [5.41, 5.74) is -0.852. The van der Waals surface area contributed by atoms with Crippen molar-refractivity contribution in [3.8, 4) is 6.07 Å². The highest BCUT2D eigenvalue weighted by atomic mass is 127. The van der Waals surface area contributed by atoms with Crippen LogP contribution in [0.1, 0.15) is 23.4 Å². The molecular weight excluding hydrogens is 333 g/mol. The summed E-state index contributed by atoms with van der Waals surface area (Å²) in [6.45, 7) is 0. The van der Waals surface area contributed by atoms with E-state index in [1.165, 1.54) is 6.07 Å². The Morgan fingerprint density at radius 1 is 1.69 bits per heavy atom. The number of carboxylic acids is 1. The molecule has 7 heteroatoms. The predicted molar refractivity (Wildman–Crippen MR) is 58.0 cm³/mol. The first kappa shape index (κ1) is 12.8. The molecule has 0 atom stereocenters. The van der Waals surface area contributed by atoms with Crippen LogP contribution < -0.4 is 0 Å². The average Bonchev–Trinajstić information content (AvgIpc) is 2.19. The van der Waals surface area contributed by atoms with E-state index in [0.29, 0.717) is 3.57 Å². The molecular formula is C9H5F2IN2O2. The molecule has 0 aliphatic heterocycles. The van der Waals surface area contributed by atoms with Crippen LogP contribution in [-0.2, 0) is 11.2 Å². The maximum Gasteiger partial charge on any atom is 0.309 e. The molecule has 0 saturated carbocycles. The van der Waals surface area contributed by atoms with E-state index in [1.807, 2.05) is 0 Å². The van der Waals surface area contributed by atoms with Gasteiger partial charge in [0, 0.05) is 3.57 Å². The fraction of sp³-hybridized carbons (Fsp3) is 0.222. The van der Waals surface area contributed by atoms with E-state index in [0.717, 1.165) is 0 Å². The first-order chi connectivity index (χ1) is 7.45. The molecule has 0 radical (unpaired) electrons. The highest BCUT2D eigenvalue weighted by Gasteiger charge is 2.19. The summed E-state index contributed by atoms with van der Waals surface area (Å²) in [5, 5.41) is 17.2. The van der Waals surface area contributed by atoms with Gasteiger partial charge in [0.05, 0.1) is 17.7 Å². The van der Waals surface area contributed by atoms with E-state index in [9.17, 15) is 13.6 Å². The number of rotatable bonds is 3. The van der Waals surface area contributed by atoms with Crippen molar-refractivity contribution in [1.82, 2.24) is 4.98 Å². The van der Waals surface area contributed by atoms with Gasteiger partial charge in [-0.25, -0.2) is 13.8 Å². The lowest BCUT2D eigenvalue weighted by Gasteiger charge is -2.06. The van der Waals surface area contributed by atoms with Crippen LogP contribution >= 0.6 is 22.6 Å². The minimum Gasteiger partial charge on any atom is -0.481 e. The minimum atomic E-state index is -2.89. The summed E-state index contributed by atoms with van der Waals surface area (Å²) < 4.78 is 25.4. The number of carboxylic acid groups (broad SMARTS) is 1. The zero-order valence-corrected chi connectivity index (χ0v) is 9.90. The monoisotopic (exact) mass is 338 g/mol. The van der Waals surface area contributed by atoms with Crippen molar-refractivity contribution in [2.75, 3.05) is 0 Å². The quantitative estimate of drug-likeness (QED) is 0.857. The molecule has 1 aromatic rings. The zero-order valence-electron chi connectivity index (χ0n) is 7.75. The SMILES string of the molecule is N#Cc1cc(I)c(CC(=O)O)nc1C(F)F. The predicted octanol–water partition coefficient (Wildman–Crippen LogP) is 2.12. The first-order valence-electron chi connectivity index (χ1n) is 4.05. The number of aliphatic carboxylic acids is 1. The van der Waals surface area contributed by atoms with Crippen molar-refractivity contribution in [3.05, 3.63) is 26.6 Å². The first-order valence-corrected chi connectivity index (χ1v) is 5.13. The highest BCUT2D eigenvalue weighted by molar-refractivity contribution is 14.1. The number of pyridine rings is 1. The Morgan fingerprint density at radius 2 is 2.31 bits per heavy atom. The molecule has 16 heavy (non-hydrogen) atoms. The molecule has 0 bridgehead atoms. The molecule has 0 amide bonds. The Balaban J connectivity index is 3.28. The summed E-state index contributed by atoms with van der Waals surface area (Å²) in [5.74, 6) is -1.16. The van der Waals surface area contributed by atoms with Crippen LogP contribution in [0.15, 0.2) is 6.07 Å². The number of halogens is 3. The zero-order chi connectivity index (χ0) is 12.3. The average molecular weight is 338 g/mol. The summed E-state index contributed by atoms with van der Waals surface area (Å²) in [6.07, 6.45) is -3.33. The molecule has 84 valence electrons. The van der Waals surface area contributed by atoms with Gasteiger partial charge in [0.15, 0.2) is 0 Å². The summed E-state index contributed by atoms with van der Waals surface area (Å²) in [6, 6.07) is 2.82.